The van der Waals surface area contributed by atoms with Gasteiger partial charge in [-0.1, -0.05) is 47.8 Å². The highest BCUT2D eigenvalue weighted by atomic mass is 35.5. The van der Waals surface area contributed by atoms with E-state index >= 15 is 0 Å². The predicted octanol–water partition coefficient (Wildman–Crippen LogP) is 4.91. The molecule has 36 heavy (non-hydrogen) atoms. The maximum absolute atomic E-state index is 12.2. The lowest BCUT2D eigenvalue weighted by Crippen LogP contribution is -2.38. The second-order valence-corrected chi connectivity index (χ2v) is 11.0. The van der Waals surface area contributed by atoms with Crippen LogP contribution in [0.2, 0.25) is 10.0 Å². The Labute approximate surface area is 223 Å². The average molecular weight is 530 g/mol. The molecular formula is C28H34Cl2N4O2. The van der Waals surface area contributed by atoms with Gasteiger partial charge in [0.25, 0.3) is 0 Å². The first-order chi connectivity index (χ1) is 17.5. The normalized spacial score (nSPS) is 21.3. The molecule has 1 saturated heterocycles. The SMILES string of the molecule is O=C(NCCC[C@H]1CN2C(=NC[C@@H]2Cc2ccc(O)cc2)N1CCc1ccc(Cl)c(Cl)c1)C1CCC1. The molecule has 0 bridgehead atoms. The summed E-state index contributed by atoms with van der Waals surface area (Å²) in [7, 11) is 0. The summed E-state index contributed by atoms with van der Waals surface area (Å²) in [5.41, 5.74) is 2.37. The van der Waals surface area contributed by atoms with E-state index in [1.807, 2.05) is 30.3 Å². The van der Waals surface area contributed by atoms with E-state index in [1.54, 1.807) is 12.1 Å². The minimum absolute atomic E-state index is 0.225. The number of hydrogen-bond acceptors (Lipinski definition) is 5. The van der Waals surface area contributed by atoms with Crippen LogP contribution in [0.4, 0.5) is 0 Å². The summed E-state index contributed by atoms with van der Waals surface area (Å²) in [4.78, 5) is 22.1. The van der Waals surface area contributed by atoms with Crippen molar-refractivity contribution < 1.29 is 9.90 Å². The molecule has 6 nitrogen and oxygen atoms in total. The van der Waals surface area contributed by atoms with Crippen LogP contribution in [0.5, 0.6) is 5.75 Å². The molecule has 2 N–H and O–H groups in total. The fraction of sp³-hybridized carbons (Fsp3) is 0.500. The van der Waals surface area contributed by atoms with Crippen molar-refractivity contribution in [3.8, 4) is 5.75 Å². The zero-order valence-electron chi connectivity index (χ0n) is 20.5. The fourth-order valence-corrected chi connectivity index (χ4v) is 5.75. The van der Waals surface area contributed by atoms with E-state index in [-0.39, 0.29) is 11.8 Å². The molecule has 2 fully saturated rings. The Bertz CT molecular complexity index is 1100. The highest BCUT2D eigenvalue weighted by molar-refractivity contribution is 6.42. The van der Waals surface area contributed by atoms with Gasteiger partial charge in [0.15, 0.2) is 5.96 Å². The number of rotatable bonds is 10. The van der Waals surface area contributed by atoms with Crippen molar-refractivity contribution in [3.05, 3.63) is 63.6 Å². The smallest absolute Gasteiger partial charge is 0.223 e. The number of nitrogens with zero attached hydrogens (tertiary/aromatic N) is 3. The van der Waals surface area contributed by atoms with Crippen LogP contribution in [0.1, 0.15) is 43.2 Å². The largest absolute Gasteiger partial charge is 0.508 e. The molecule has 0 spiro atoms. The van der Waals surface area contributed by atoms with Crippen molar-refractivity contribution in [1.29, 1.82) is 0 Å². The van der Waals surface area contributed by atoms with Gasteiger partial charge in [-0.25, -0.2) is 0 Å². The number of carbonyl (C=O) groups excluding carboxylic acids is 1. The Kier molecular flexibility index (Phi) is 7.92. The summed E-state index contributed by atoms with van der Waals surface area (Å²) in [5, 5.41) is 13.9. The zero-order valence-corrected chi connectivity index (χ0v) is 22.0. The van der Waals surface area contributed by atoms with Gasteiger partial charge < -0.3 is 20.2 Å². The van der Waals surface area contributed by atoms with E-state index in [4.69, 9.17) is 28.2 Å². The highest BCUT2D eigenvalue weighted by Crippen LogP contribution is 2.30. The molecule has 2 aliphatic heterocycles. The van der Waals surface area contributed by atoms with Gasteiger partial charge in [-0.3, -0.25) is 9.79 Å². The summed E-state index contributed by atoms with van der Waals surface area (Å²) >= 11 is 12.4. The van der Waals surface area contributed by atoms with Crippen molar-refractivity contribution in [1.82, 2.24) is 15.1 Å². The fourth-order valence-electron chi connectivity index (χ4n) is 5.43. The molecule has 8 heteroatoms. The maximum Gasteiger partial charge on any atom is 0.223 e. The van der Waals surface area contributed by atoms with Crippen molar-refractivity contribution in [3.63, 3.8) is 0 Å². The molecule has 2 atom stereocenters. The van der Waals surface area contributed by atoms with E-state index in [0.29, 0.717) is 27.9 Å². The number of phenols is 1. The van der Waals surface area contributed by atoms with Crippen molar-refractivity contribution in [2.75, 3.05) is 26.2 Å². The molecule has 0 aromatic heterocycles. The molecule has 1 saturated carbocycles. The number of phenolic OH excluding ortho intramolecular Hbond substituents is 1. The van der Waals surface area contributed by atoms with E-state index in [9.17, 15) is 9.90 Å². The number of fused-ring (bicyclic) bond motifs is 1. The van der Waals surface area contributed by atoms with Crippen LogP contribution in [0.25, 0.3) is 0 Å². The van der Waals surface area contributed by atoms with E-state index in [1.165, 1.54) is 12.0 Å². The third-order valence-electron chi connectivity index (χ3n) is 7.77. The van der Waals surface area contributed by atoms with E-state index < -0.39 is 0 Å². The van der Waals surface area contributed by atoms with Gasteiger partial charge in [0.2, 0.25) is 5.91 Å². The number of aromatic hydroxyl groups is 1. The number of guanidine groups is 1. The average Bonchev–Trinajstić information content (AvgIpc) is 3.37. The van der Waals surface area contributed by atoms with Gasteiger partial charge >= 0.3 is 0 Å². The molecule has 0 unspecified atom stereocenters. The van der Waals surface area contributed by atoms with Gasteiger partial charge in [0.05, 0.1) is 22.6 Å². The van der Waals surface area contributed by atoms with Crippen LogP contribution in [0, 0.1) is 5.92 Å². The number of nitrogens with one attached hydrogen (secondary N) is 1. The molecular weight excluding hydrogens is 495 g/mol. The standard InChI is InChI=1S/C28H34Cl2N4O2/c29-25-11-8-20(16-26(25)30)12-14-33-22(5-2-13-31-27(36)21-3-1-4-21)18-34-23(17-32-28(33)34)15-19-6-9-24(35)10-7-19/h6-11,16,21-23,35H,1-5,12-15,17-18H2,(H,31,36)/t22-,23-/m0/s1. The molecule has 2 aromatic rings. The van der Waals surface area contributed by atoms with Crippen LogP contribution in [0.3, 0.4) is 0 Å². The first-order valence-corrected chi connectivity index (χ1v) is 13.8. The monoisotopic (exact) mass is 528 g/mol. The molecule has 5 rings (SSSR count). The zero-order chi connectivity index (χ0) is 25.1. The lowest BCUT2D eigenvalue weighted by atomic mass is 9.85. The minimum Gasteiger partial charge on any atom is -0.508 e. The van der Waals surface area contributed by atoms with E-state index in [0.717, 1.165) is 76.2 Å². The second kappa shape index (κ2) is 11.3. The number of hydrogen-bond donors (Lipinski definition) is 2. The topological polar surface area (TPSA) is 68.2 Å². The molecule has 2 aromatic carbocycles. The first kappa shape index (κ1) is 25.2. The Morgan fingerprint density at radius 2 is 1.83 bits per heavy atom. The number of benzene rings is 2. The second-order valence-electron chi connectivity index (χ2n) is 10.2. The van der Waals surface area contributed by atoms with Gasteiger partial charge in [-0.15, -0.1) is 0 Å². The summed E-state index contributed by atoms with van der Waals surface area (Å²) in [6.07, 6.45) is 6.98. The lowest BCUT2D eigenvalue weighted by molar-refractivity contribution is -0.127. The third-order valence-corrected chi connectivity index (χ3v) is 8.51. The van der Waals surface area contributed by atoms with Crippen LogP contribution < -0.4 is 5.32 Å². The Balaban J connectivity index is 1.22. The highest BCUT2D eigenvalue weighted by Gasteiger charge is 2.41. The molecule has 0 radical (unpaired) electrons. The van der Waals surface area contributed by atoms with Crippen molar-refractivity contribution in [2.45, 2.75) is 57.0 Å². The van der Waals surface area contributed by atoms with Crippen LogP contribution >= 0.6 is 23.2 Å². The quantitative estimate of drug-likeness (QED) is 0.430. The van der Waals surface area contributed by atoms with Gasteiger partial charge in [0.1, 0.15) is 5.75 Å². The van der Waals surface area contributed by atoms with Crippen LogP contribution in [-0.4, -0.2) is 65.0 Å². The molecule has 1 amide bonds. The third kappa shape index (κ3) is 5.76. The summed E-state index contributed by atoms with van der Waals surface area (Å²) in [5.74, 6) is 1.84. The Hall–Kier alpha value is -2.44. The predicted molar refractivity (Wildman–Crippen MR) is 145 cm³/mol. The van der Waals surface area contributed by atoms with Crippen LogP contribution in [0.15, 0.2) is 47.5 Å². The van der Waals surface area contributed by atoms with Crippen molar-refractivity contribution >= 4 is 35.1 Å². The first-order valence-electron chi connectivity index (χ1n) is 13.0. The number of aliphatic imine (C=N–C) groups is 1. The Morgan fingerprint density at radius 1 is 1.06 bits per heavy atom. The Morgan fingerprint density at radius 3 is 2.56 bits per heavy atom. The number of carbonyl (C=O) groups is 1. The van der Waals surface area contributed by atoms with Gasteiger partial charge in [-0.2, -0.15) is 0 Å². The minimum atomic E-state index is 0.225. The molecule has 192 valence electrons. The molecule has 2 heterocycles. The summed E-state index contributed by atoms with van der Waals surface area (Å²) in [6.45, 7) is 3.32. The van der Waals surface area contributed by atoms with E-state index in [2.05, 4.69) is 15.1 Å². The molecule has 3 aliphatic rings. The lowest BCUT2D eigenvalue weighted by Gasteiger charge is -2.26. The van der Waals surface area contributed by atoms with Gasteiger partial charge in [-0.05, 0) is 73.9 Å². The number of amides is 1. The van der Waals surface area contributed by atoms with Gasteiger partial charge in [0, 0.05) is 31.6 Å². The summed E-state index contributed by atoms with van der Waals surface area (Å²) in [6, 6.07) is 14.0. The van der Waals surface area contributed by atoms with Crippen molar-refractivity contribution in [2.24, 2.45) is 10.9 Å². The van der Waals surface area contributed by atoms with Crippen LogP contribution in [-0.2, 0) is 17.6 Å². The number of halogens is 2. The maximum atomic E-state index is 12.2. The summed E-state index contributed by atoms with van der Waals surface area (Å²) < 4.78 is 0. The molecule has 1 aliphatic carbocycles.